The predicted octanol–water partition coefficient (Wildman–Crippen LogP) is 2.44. The lowest BCUT2D eigenvalue weighted by molar-refractivity contribution is 0.0729. The van der Waals surface area contributed by atoms with E-state index in [1.807, 2.05) is 13.8 Å². The van der Waals surface area contributed by atoms with Crippen molar-refractivity contribution in [3.63, 3.8) is 0 Å². The fraction of sp³-hybridized carbons (Fsp3) is 0.308. The summed E-state index contributed by atoms with van der Waals surface area (Å²) in [7, 11) is 0. The van der Waals surface area contributed by atoms with Gasteiger partial charge in [-0.15, -0.1) is 6.58 Å². The molecule has 0 aliphatic heterocycles. The summed E-state index contributed by atoms with van der Waals surface area (Å²) in [5, 5.41) is 0. The van der Waals surface area contributed by atoms with Crippen LogP contribution in [0.2, 0.25) is 0 Å². The van der Waals surface area contributed by atoms with Gasteiger partial charge in [-0.3, -0.25) is 4.79 Å². The van der Waals surface area contributed by atoms with Crippen LogP contribution in [-0.4, -0.2) is 23.4 Å². The van der Waals surface area contributed by atoms with Gasteiger partial charge in [-0.2, -0.15) is 0 Å². The number of anilines is 1. The number of halogens is 1. The smallest absolute Gasteiger partial charge is 0.256 e. The number of nitrogen functional groups attached to an aromatic ring is 1. The van der Waals surface area contributed by atoms with Crippen molar-refractivity contribution in [2.75, 3.05) is 12.3 Å². The number of hydrogen-bond acceptors (Lipinski definition) is 2. The monoisotopic (exact) mass is 236 g/mol. The van der Waals surface area contributed by atoms with E-state index in [0.29, 0.717) is 6.54 Å². The largest absolute Gasteiger partial charge is 0.396 e. The quantitative estimate of drug-likeness (QED) is 0.644. The van der Waals surface area contributed by atoms with Gasteiger partial charge in [0.25, 0.3) is 5.91 Å². The van der Waals surface area contributed by atoms with Gasteiger partial charge >= 0.3 is 0 Å². The zero-order valence-electron chi connectivity index (χ0n) is 10.1. The van der Waals surface area contributed by atoms with Gasteiger partial charge in [0.05, 0.1) is 11.3 Å². The zero-order chi connectivity index (χ0) is 13.0. The molecule has 17 heavy (non-hydrogen) atoms. The molecular weight excluding hydrogens is 219 g/mol. The molecule has 0 radical (unpaired) electrons. The maximum absolute atomic E-state index is 13.3. The summed E-state index contributed by atoms with van der Waals surface area (Å²) in [6, 6.07) is 4.24. The van der Waals surface area contributed by atoms with Crippen LogP contribution < -0.4 is 5.73 Å². The van der Waals surface area contributed by atoms with E-state index in [0.717, 1.165) is 0 Å². The summed E-state index contributed by atoms with van der Waals surface area (Å²) in [5.74, 6) is -0.852. The highest BCUT2D eigenvalue weighted by Crippen LogP contribution is 2.18. The summed E-state index contributed by atoms with van der Waals surface area (Å²) in [4.78, 5) is 13.8. The summed E-state index contributed by atoms with van der Waals surface area (Å²) in [6.07, 6.45) is 1.63. The lowest BCUT2D eigenvalue weighted by atomic mass is 10.1. The Kier molecular flexibility index (Phi) is 4.26. The van der Waals surface area contributed by atoms with E-state index in [-0.39, 0.29) is 23.2 Å². The summed E-state index contributed by atoms with van der Waals surface area (Å²) < 4.78 is 13.3. The minimum atomic E-state index is -0.571. The first-order chi connectivity index (χ1) is 7.99. The molecule has 4 heteroatoms. The molecule has 0 aliphatic carbocycles. The third kappa shape index (κ3) is 2.84. The molecular formula is C13H17FN2O. The van der Waals surface area contributed by atoms with E-state index < -0.39 is 5.82 Å². The van der Waals surface area contributed by atoms with Gasteiger partial charge in [-0.25, -0.2) is 4.39 Å². The van der Waals surface area contributed by atoms with Crippen molar-refractivity contribution in [3.8, 4) is 0 Å². The topological polar surface area (TPSA) is 46.3 Å². The predicted molar refractivity (Wildman–Crippen MR) is 67.2 cm³/mol. The first kappa shape index (κ1) is 13.2. The number of nitrogens with two attached hydrogens (primary N) is 1. The van der Waals surface area contributed by atoms with Gasteiger partial charge in [0.15, 0.2) is 0 Å². The second kappa shape index (κ2) is 5.48. The number of rotatable bonds is 4. The van der Waals surface area contributed by atoms with Crippen LogP contribution in [0, 0.1) is 5.82 Å². The molecule has 3 nitrogen and oxygen atoms in total. The van der Waals surface area contributed by atoms with Gasteiger partial charge in [-0.1, -0.05) is 12.1 Å². The van der Waals surface area contributed by atoms with E-state index >= 15 is 0 Å². The number of hydrogen-bond donors (Lipinski definition) is 1. The molecule has 1 aromatic rings. The van der Waals surface area contributed by atoms with Crippen molar-refractivity contribution >= 4 is 11.6 Å². The van der Waals surface area contributed by atoms with Crippen molar-refractivity contribution in [3.05, 3.63) is 42.2 Å². The number of carbonyl (C=O) groups is 1. The van der Waals surface area contributed by atoms with Gasteiger partial charge in [0.2, 0.25) is 0 Å². The average molecular weight is 236 g/mol. The highest BCUT2D eigenvalue weighted by Gasteiger charge is 2.20. The third-order valence-electron chi connectivity index (χ3n) is 2.49. The van der Waals surface area contributed by atoms with E-state index in [1.54, 1.807) is 11.0 Å². The molecule has 0 atom stereocenters. The molecule has 0 spiro atoms. The third-order valence-corrected chi connectivity index (χ3v) is 2.49. The Bertz CT molecular complexity index is 429. The molecule has 1 aromatic carbocycles. The van der Waals surface area contributed by atoms with Crippen LogP contribution >= 0.6 is 0 Å². The van der Waals surface area contributed by atoms with Gasteiger partial charge in [0.1, 0.15) is 5.82 Å². The van der Waals surface area contributed by atoms with Crippen molar-refractivity contribution in [2.24, 2.45) is 0 Å². The van der Waals surface area contributed by atoms with Crippen molar-refractivity contribution in [1.82, 2.24) is 4.90 Å². The highest BCUT2D eigenvalue weighted by molar-refractivity contribution is 5.99. The van der Waals surface area contributed by atoms with Crippen LogP contribution in [0.3, 0.4) is 0 Å². The Hall–Kier alpha value is -1.84. The second-order valence-electron chi connectivity index (χ2n) is 4.04. The molecule has 92 valence electrons. The Labute approximate surface area is 101 Å². The van der Waals surface area contributed by atoms with Crippen molar-refractivity contribution < 1.29 is 9.18 Å². The summed E-state index contributed by atoms with van der Waals surface area (Å²) in [6.45, 7) is 7.78. The molecule has 0 heterocycles. The van der Waals surface area contributed by atoms with E-state index in [1.165, 1.54) is 18.2 Å². The van der Waals surface area contributed by atoms with Crippen molar-refractivity contribution in [1.29, 1.82) is 0 Å². The Morgan fingerprint density at radius 1 is 1.59 bits per heavy atom. The van der Waals surface area contributed by atoms with Gasteiger partial charge < -0.3 is 10.6 Å². The highest BCUT2D eigenvalue weighted by atomic mass is 19.1. The Balaban J connectivity index is 3.09. The molecule has 2 N–H and O–H groups in total. The SMILES string of the molecule is C=CCN(C(=O)c1cccc(F)c1N)C(C)C. The summed E-state index contributed by atoms with van der Waals surface area (Å²) in [5.41, 5.74) is 5.66. The van der Waals surface area contributed by atoms with Crippen molar-refractivity contribution in [2.45, 2.75) is 19.9 Å². The molecule has 0 aromatic heterocycles. The van der Waals surface area contributed by atoms with E-state index in [4.69, 9.17) is 5.73 Å². The standard InChI is InChI=1S/C13H17FN2O/c1-4-8-16(9(2)3)13(17)10-6-5-7-11(14)12(10)15/h4-7,9H,1,8,15H2,2-3H3. The molecule has 0 saturated carbocycles. The van der Waals surface area contributed by atoms with Crippen LogP contribution in [0.1, 0.15) is 24.2 Å². The molecule has 0 fully saturated rings. The van der Waals surface area contributed by atoms with Crippen LogP contribution in [0.5, 0.6) is 0 Å². The Morgan fingerprint density at radius 2 is 2.24 bits per heavy atom. The fourth-order valence-electron chi connectivity index (χ4n) is 1.55. The fourth-order valence-corrected chi connectivity index (χ4v) is 1.55. The zero-order valence-corrected chi connectivity index (χ0v) is 10.1. The summed E-state index contributed by atoms with van der Waals surface area (Å²) >= 11 is 0. The number of carbonyl (C=O) groups excluding carboxylic acids is 1. The molecule has 1 rings (SSSR count). The van der Waals surface area contributed by atoms with Crippen LogP contribution in [0.4, 0.5) is 10.1 Å². The van der Waals surface area contributed by atoms with E-state index in [9.17, 15) is 9.18 Å². The Morgan fingerprint density at radius 3 is 2.76 bits per heavy atom. The molecule has 0 aliphatic rings. The van der Waals surface area contributed by atoms with Crippen LogP contribution in [0.15, 0.2) is 30.9 Å². The number of amides is 1. The average Bonchev–Trinajstić information content (AvgIpc) is 2.28. The lowest BCUT2D eigenvalue weighted by Crippen LogP contribution is -2.37. The van der Waals surface area contributed by atoms with Crippen LogP contribution in [-0.2, 0) is 0 Å². The first-order valence-corrected chi connectivity index (χ1v) is 5.45. The minimum Gasteiger partial charge on any atom is -0.396 e. The van der Waals surface area contributed by atoms with Gasteiger partial charge in [-0.05, 0) is 26.0 Å². The number of benzene rings is 1. The molecule has 1 amide bonds. The maximum Gasteiger partial charge on any atom is 0.256 e. The second-order valence-corrected chi connectivity index (χ2v) is 4.04. The number of para-hydroxylation sites is 1. The normalized spacial score (nSPS) is 10.4. The molecule has 0 saturated heterocycles. The van der Waals surface area contributed by atoms with Crippen LogP contribution in [0.25, 0.3) is 0 Å². The maximum atomic E-state index is 13.3. The molecule has 0 bridgehead atoms. The van der Waals surface area contributed by atoms with E-state index in [2.05, 4.69) is 6.58 Å². The molecule has 0 unspecified atom stereocenters. The van der Waals surface area contributed by atoms with Gasteiger partial charge in [0, 0.05) is 12.6 Å². The first-order valence-electron chi connectivity index (χ1n) is 5.45. The minimum absolute atomic E-state index is 0.00293. The number of nitrogens with zero attached hydrogens (tertiary/aromatic N) is 1. The lowest BCUT2D eigenvalue weighted by Gasteiger charge is -2.26.